The maximum Gasteiger partial charge on any atom is 0.346 e. The lowest BCUT2D eigenvalue weighted by molar-refractivity contribution is 0.283. The topological polar surface area (TPSA) is 55.4 Å². The molecule has 0 aliphatic heterocycles. The largest absolute Gasteiger partial charge is 0.427 e. The van der Waals surface area contributed by atoms with Crippen molar-refractivity contribution in [2.24, 2.45) is 0 Å². The predicted octanol–water partition coefficient (Wildman–Crippen LogP) is 3.72. The van der Waals surface area contributed by atoms with Gasteiger partial charge in [-0.2, -0.15) is 0 Å². The summed E-state index contributed by atoms with van der Waals surface area (Å²) in [6, 6.07) is 20.1. The van der Waals surface area contributed by atoms with Gasteiger partial charge in [-0.05, 0) is 18.1 Å². The van der Waals surface area contributed by atoms with Crippen LogP contribution in [0.1, 0.15) is 17.7 Å². The van der Waals surface area contributed by atoms with E-state index in [1.807, 2.05) is 48.5 Å². The van der Waals surface area contributed by atoms with Crippen LogP contribution in [-0.4, -0.2) is 16.3 Å². The van der Waals surface area contributed by atoms with Crippen LogP contribution in [0.4, 0.5) is 0 Å². The standard InChI is InChI=1S/C21H19NO3/c23-12-6-9-16-13-19-20(21(24)25-16)17-10-4-5-11-18(17)22(19)14-15-7-2-1-3-8-15/h1-5,7-8,10-11,13,23H,6,9,12,14H2. The molecule has 2 aromatic heterocycles. The summed E-state index contributed by atoms with van der Waals surface area (Å²) >= 11 is 0. The summed E-state index contributed by atoms with van der Waals surface area (Å²) < 4.78 is 7.65. The van der Waals surface area contributed by atoms with Crippen LogP contribution < -0.4 is 5.63 Å². The van der Waals surface area contributed by atoms with Gasteiger partial charge in [-0.15, -0.1) is 0 Å². The van der Waals surface area contributed by atoms with E-state index in [2.05, 4.69) is 16.7 Å². The molecule has 0 spiro atoms. The van der Waals surface area contributed by atoms with Crippen LogP contribution in [0.15, 0.2) is 69.9 Å². The minimum atomic E-state index is -0.312. The van der Waals surface area contributed by atoms with Gasteiger partial charge in [0.15, 0.2) is 0 Å². The highest BCUT2D eigenvalue weighted by Gasteiger charge is 2.16. The molecule has 0 fully saturated rings. The quantitative estimate of drug-likeness (QED) is 0.605. The molecule has 0 aliphatic rings. The van der Waals surface area contributed by atoms with Gasteiger partial charge in [0.05, 0.1) is 10.9 Å². The zero-order valence-electron chi connectivity index (χ0n) is 13.8. The molecule has 126 valence electrons. The minimum Gasteiger partial charge on any atom is -0.427 e. The van der Waals surface area contributed by atoms with Gasteiger partial charge in [-0.3, -0.25) is 0 Å². The Morgan fingerprint density at radius 2 is 1.72 bits per heavy atom. The molecule has 2 aromatic carbocycles. The van der Waals surface area contributed by atoms with Gasteiger partial charge in [0.2, 0.25) is 0 Å². The maximum atomic E-state index is 12.6. The fourth-order valence-corrected chi connectivity index (χ4v) is 3.35. The van der Waals surface area contributed by atoms with Gasteiger partial charge in [0.25, 0.3) is 0 Å². The molecule has 1 N–H and O–H groups in total. The van der Waals surface area contributed by atoms with Gasteiger partial charge in [0.1, 0.15) is 5.76 Å². The molecule has 0 saturated carbocycles. The SMILES string of the molecule is O=c1oc(CCCO)cc2c1c1ccccc1n2Cc1ccccc1. The molecule has 0 aliphatic carbocycles. The second kappa shape index (κ2) is 6.57. The van der Waals surface area contributed by atoms with Gasteiger partial charge < -0.3 is 14.1 Å². The Morgan fingerprint density at radius 1 is 0.960 bits per heavy atom. The van der Waals surface area contributed by atoms with Crippen LogP contribution >= 0.6 is 0 Å². The summed E-state index contributed by atoms with van der Waals surface area (Å²) in [6.07, 6.45) is 1.13. The lowest BCUT2D eigenvalue weighted by atomic mass is 10.2. The molecule has 4 nitrogen and oxygen atoms in total. The van der Waals surface area contributed by atoms with Crippen molar-refractivity contribution in [2.75, 3.05) is 6.61 Å². The van der Waals surface area contributed by atoms with E-state index in [-0.39, 0.29) is 12.2 Å². The molecular weight excluding hydrogens is 314 g/mol. The molecule has 0 atom stereocenters. The Balaban J connectivity index is 1.97. The maximum absolute atomic E-state index is 12.6. The van der Waals surface area contributed by atoms with Gasteiger partial charge in [-0.25, -0.2) is 4.79 Å². The van der Waals surface area contributed by atoms with Crippen LogP contribution in [0, 0.1) is 0 Å². The smallest absolute Gasteiger partial charge is 0.346 e. The molecule has 25 heavy (non-hydrogen) atoms. The molecule has 4 heteroatoms. The summed E-state index contributed by atoms with van der Waals surface area (Å²) in [5, 5.41) is 10.6. The van der Waals surface area contributed by atoms with Gasteiger partial charge in [-0.1, -0.05) is 48.5 Å². The molecule has 0 radical (unpaired) electrons. The summed E-state index contributed by atoms with van der Waals surface area (Å²) in [6.45, 7) is 0.766. The van der Waals surface area contributed by atoms with Crippen molar-refractivity contribution in [1.82, 2.24) is 4.57 Å². The van der Waals surface area contributed by atoms with Crippen molar-refractivity contribution in [3.63, 3.8) is 0 Å². The van der Waals surface area contributed by atoms with Crippen molar-refractivity contribution in [1.29, 1.82) is 0 Å². The van der Waals surface area contributed by atoms with Crippen molar-refractivity contribution in [3.8, 4) is 0 Å². The lowest BCUT2D eigenvalue weighted by Crippen LogP contribution is -2.05. The Bertz CT molecular complexity index is 1080. The molecule has 4 rings (SSSR count). The van der Waals surface area contributed by atoms with Crippen LogP contribution in [0.2, 0.25) is 0 Å². The van der Waals surface area contributed by atoms with Crippen LogP contribution in [-0.2, 0) is 13.0 Å². The fraction of sp³-hybridized carbons (Fsp3) is 0.190. The first-order valence-electron chi connectivity index (χ1n) is 8.46. The molecule has 4 aromatic rings. The third kappa shape index (κ3) is 2.85. The van der Waals surface area contributed by atoms with E-state index in [4.69, 9.17) is 9.52 Å². The number of hydrogen-bond donors (Lipinski definition) is 1. The van der Waals surface area contributed by atoms with E-state index in [9.17, 15) is 4.79 Å². The molecule has 0 saturated heterocycles. The van der Waals surface area contributed by atoms with Crippen molar-refractivity contribution in [2.45, 2.75) is 19.4 Å². The fourth-order valence-electron chi connectivity index (χ4n) is 3.35. The van der Waals surface area contributed by atoms with Crippen molar-refractivity contribution >= 4 is 21.8 Å². The number of aromatic nitrogens is 1. The highest BCUT2D eigenvalue weighted by atomic mass is 16.4. The molecule has 2 heterocycles. The van der Waals surface area contributed by atoms with E-state index < -0.39 is 0 Å². The predicted molar refractivity (Wildman–Crippen MR) is 98.9 cm³/mol. The van der Waals surface area contributed by atoms with E-state index in [0.29, 0.717) is 30.5 Å². The highest BCUT2D eigenvalue weighted by molar-refractivity contribution is 6.07. The second-order valence-corrected chi connectivity index (χ2v) is 6.18. The number of aliphatic hydroxyl groups is 1. The lowest BCUT2D eigenvalue weighted by Gasteiger charge is -2.08. The minimum absolute atomic E-state index is 0.0781. The van der Waals surface area contributed by atoms with Gasteiger partial charge in [0, 0.05) is 36.5 Å². The molecule has 0 unspecified atom stereocenters. The molecule has 0 bridgehead atoms. The third-order valence-electron chi connectivity index (χ3n) is 4.50. The Labute approximate surface area is 144 Å². The van der Waals surface area contributed by atoms with Gasteiger partial charge >= 0.3 is 5.63 Å². The second-order valence-electron chi connectivity index (χ2n) is 6.18. The van der Waals surface area contributed by atoms with E-state index in [1.165, 1.54) is 5.56 Å². The number of aryl methyl sites for hydroxylation is 1. The summed E-state index contributed by atoms with van der Waals surface area (Å²) in [5.41, 5.74) is 2.77. The Hall–Kier alpha value is -2.85. The first kappa shape index (κ1) is 15.7. The Kier molecular flexibility index (Phi) is 4.12. The summed E-state index contributed by atoms with van der Waals surface area (Å²) in [7, 11) is 0. The van der Waals surface area contributed by atoms with E-state index in [1.54, 1.807) is 0 Å². The van der Waals surface area contributed by atoms with Crippen molar-refractivity contribution in [3.05, 3.63) is 82.4 Å². The number of rotatable bonds is 5. The first-order valence-corrected chi connectivity index (χ1v) is 8.46. The van der Waals surface area contributed by atoms with E-state index in [0.717, 1.165) is 16.4 Å². The number of fused-ring (bicyclic) bond motifs is 3. The average molecular weight is 333 g/mol. The number of hydrogen-bond acceptors (Lipinski definition) is 3. The van der Waals surface area contributed by atoms with Crippen LogP contribution in [0.25, 0.3) is 21.8 Å². The number of para-hydroxylation sites is 1. The monoisotopic (exact) mass is 333 g/mol. The van der Waals surface area contributed by atoms with E-state index >= 15 is 0 Å². The normalized spacial score (nSPS) is 11.4. The average Bonchev–Trinajstić information content (AvgIpc) is 2.95. The van der Waals surface area contributed by atoms with Crippen LogP contribution in [0.3, 0.4) is 0 Å². The number of nitrogens with zero attached hydrogens (tertiary/aromatic N) is 1. The zero-order valence-corrected chi connectivity index (χ0v) is 13.8. The Morgan fingerprint density at radius 3 is 2.52 bits per heavy atom. The highest BCUT2D eigenvalue weighted by Crippen LogP contribution is 2.28. The summed E-state index contributed by atoms with van der Waals surface area (Å²) in [4.78, 5) is 12.6. The molecular formula is C21H19NO3. The number of benzene rings is 2. The molecule has 0 amide bonds. The third-order valence-corrected chi connectivity index (χ3v) is 4.50. The first-order chi connectivity index (χ1) is 12.3. The van der Waals surface area contributed by atoms with Crippen LogP contribution in [0.5, 0.6) is 0 Å². The van der Waals surface area contributed by atoms with Crippen molar-refractivity contribution < 1.29 is 9.52 Å². The number of aliphatic hydroxyl groups excluding tert-OH is 1. The zero-order chi connectivity index (χ0) is 17.2. The summed E-state index contributed by atoms with van der Waals surface area (Å²) in [5.74, 6) is 0.615.